The van der Waals surface area contributed by atoms with Crippen LogP contribution in [0, 0.1) is 5.92 Å². The highest BCUT2D eigenvalue weighted by atomic mass is 35.5. The van der Waals surface area contributed by atoms with Gasteiger partial charge in [-0.1, -0.05) is 54.7 Å². The van der Waals surface area contributed by atoms with E-state index in [1.54, 1.807) is 13.8 Å². The smallest absolute Gasteiger partial charge is 0.287 e. The van der Waals surface area contributed by atoms with E-state index < -0.39 is 52.3 Å². The molecular weight excluding hydrogens is 548 g/mol. The molecule has 0 saturated heterocycles. The van der Waals surface area contributed by atoms with Crippen LogP contribution in [0.25, 0.3) is 5.83 Å². The molecule has 0 aliphatic heterocycles. The average Bonchev–Trinajstić information content (AvgIpc) is 2.73. The molecule has 3 nitrogen and oxygen atoms in total. The van der Waals surface area contributed by atoms with Crippen LogP contribution >= 0.6 is 34.8 Å². The first-order valence-corrected chi connectivity index (χ1v) is 11.0. The summed E-state index contributed by atoms with van der Waals surface area (Å²) in [4.78, 5) is 12.2. The number of hydrogen-bond donors (Lipinski definition) is 2. The highest BCUT2D eigenvalue weighted by Crippen LogP contribution is 2.42. The Hall–Kier alpha value is -2.01. The number of rotatable bonds is 7. The highest BCUT2D eigenvalue weighted by Gasteiger charge is 2.41. The summed E-state index contributed by atoms with van der Waals surface area (Å²) in [5, 5.41) is -0.856. The number of alkyl halides is 6. The predicted molar refractivity (Wildman–Crippen MR) is 121 cm³/mol. The molecule has 2 rings (SSSR count). The molecule has 1 amide bonds. The molecule has 1 unspecified atom stereocenters. The fourth-order valence-corrected chi connectivity index (χ4v) is 3.52. The van der Waals surface area contributed by atoms with Gasteiger partial charge in [-0.15, -0.1) is 0 Å². The van der Waals surface area contributed by atoms with E-state index in [4.69, 9.17) is 34.8 Å². The van der Waals surface area contributed by atoms with Crippen LogP contribution in [0.3, 0.4) is 0 Å². The first kappa shape index (κ1) is 29.2. The van der Waals surface area contributed by atoms with Crippen LogP contribution in [0.5, 0.6) is 0 Å². The third kappa shape index (κ3) is 7.73. The molecule has 35 heavy (non-hydrogen) atoms. The van der Waals surface area contributed by atoms with Gasteiger partial charge in [0.1, 0.15) is 11.7 Å². The Morgan fingerprint density at radius 1 is 1.00 bits per heavy atom. The number of benzene rings is 2. The Kier molecular flexibility index (Phi) is 9.49. The number of allylic oxidation sites excluding steroid dienone is 1. The molecule has 0 fully saturated rings. The van der Waals surface area contributed by atoms with Crippen LogP contribution in [0.15, 0.2) is 36.4 Å². The van der Waals surface area contributed by atoms with Crippen LogP contribution in [0.2, 0.25) is 15.1 Å². The number of carbonyl (C=O) groups excluding carboxylic acids is 1. The van der Waals surface area contributed by atoms with E-state index in [-0.39, 0.29) is 39.7 Å². The van der Waals surface area contributed by atoms with Gasteiger partial charge in [0.2, 0.25) is 0 Å². The van der Waals surface area contributed by atoms with Crippen molar-refractivity contribution in [2.75, 3.05) is 6.54 Å². The Morgan fingerprint density at radius 3 is 2.06 bits per heavy atom. The summed E-state index contributed by atoms with van der Waals surface area (Å²) in [5.41, 5.74) is 0.810. The number of hydrazine groups is 1. The van der Waals surface area contributed by atoms with Crippen molar-refractivity contribution in [3.8, 4) is 0 Å². The molecule has 192 valence electrons. The second-order valence-electron chi connectivity index (χ2n) is 7.82. The lowest BCUT2D eigenvalue weighted by atomic mass is 9.95. The van der Waals surface area contributed by atoms with E-state index in [0.29, 0.717) is 6.07 Å². The molecule has 2 N–H and O–H groups in total. The lowest BCUT2D eigenvalue weighted by molar-refractivity contribution is -0.140. The zero-order chi connectivity index (χ0) is 26.7. The molecule has 0 radical (unpaired) electrons. The van der Waals surface area contributed by atoms with Crippen LogP contribution in [-0.2, 0) is 6.18 Å². The summed E-state index contributed by atoms with van der Waals surface area (Å²) >= 11 is 17.3. The summed E-state index contributed by atoms with van der Waals surface area (Å²) in [6.45, 7) is 3.86. The molecule has 2 aromatic rings. The van der Waals surface area contributed by atoms with Gasteiger partial charge in [0, 0.05) is 12.1 Å². The van der Waals surface area contributed by atoms with Gasteiger partial charge in [0.15, 0.2) is 0 Å². The van der Waals surface area contributed by atoms with Crippen molar-refractivity contribution in [3.05, 3.63) is 73.7 Å². The number of halogens is 10. The minimum Gasteiger partial charge on any atom is -0.287 e. The minimum atomic E-state index is -5.10. The summed E-state index contributed by atoms with van der Waals surface area (Å²) < 4.78 is 96.7. The second kappa shape index (κ2) is 11.4. The third-order valence-electron chi connectivity index (χ3n) is 4.59. The maximum atomic E-state index is 14.9. The second-order valence-corrected chi connectivity index (χ2v) is 9.01. The van der Waals surface area contributed by atoms with Gasteiger partial charge < -0.3 is 0 Å². The standard InChI is InChI=1S/C22H18Cl3F7N2O/c1-10(2)9-33-34-20(35)13-4-3-11(5-15(13)22(30,31)32)18(26)8-14(21(27,28)29)12-6-16(23)19(25)17(24)7-12/h3-8,10,14,33H,9H2,1-2H3,(H,34,35). The molecule has 2 aromatic carbocycles. The van der Waals surface area contributed by atoms with Gasteiger partial charge in [-0.25, -0.2) is 9.82 Å². The molecule has 0 aliphatic rings. The number of hydrogen-bond acceptors (Lipinski definition) is 2. The van der Waals surface area contributed by atoms with E-state index in [1.807, 2.05) is 0 Å². The predicted octanol–water partition coefficient (Wildman–Crippen LogP) is 8.21. The Morgan fingerprint density at radius 2 is 1.57 bits per heavy atom. The molecule has 13 heteroatoms. The molecule has 0 bridgehead atoms. The quantitative estimate of drug-likeness (QED) is 0.202. The summed E-state index contributed by atoms with van der Waals surface area (Å²) in [7, 11) is 0. The Bertz CT molecular complexity index is 1090. The minimum absolute atomic E-state index is 0.0750. The van der Waals surface area contributed by atoms with Gasteiger partial charge >= 0.3 is 12.4 Å². The lowest BCUT2D eigenvalue weighted by Gasteiger charge is -2.19. The Labute approximate surface area is 211 Å². The van der Waals surface area contributed by atoms with Gasteiger partial charge in [0.05, 0.1) is 26.2 Å². The van der Waals surface area contributed by atoms with Gasteiger partial charge in [0.25, 0.3) is 5.91 Å². The first-order chi connectivity index (χ1) is 16.0. The van der Waals surface area contributed by atoms with Crippen LogP contribution < -0.4 is 10.9 Å². The summed E-state index contributed by atoms with van der Waals surface area (Å²) in [6.07, 6.45) is -10.1. The zero-order valence-corrected chi connectivity index (χ0v) is 20.3. The average molecular weight is 566 g/mol. The van der Waals surface area contributed by atoms with Crippen molar-refractivity contribution in [1.82, 2.24) is 10.9 Å². The van der Waals surface area contributed by atoms with E-state index in [9.17, 15) is 35.5 Å². The largest absolute Gasteiger partial charge is 0.417 e. The number of carbonyl (C=O) groups is 1. The van der Waals surface area contributed by atoms with Crippen molar-refractivity contribution < 1.29 is 35.5 Å². The molecule has 0 heterocycles. The molecule has 0 spiro atoms. The Balaban J connectivity index is 2.51. The van der Waals surface area contributed by atoms with E-state index in [1.165, 1.54) is 0 Å². The van der Waals surface area contributed by atoms with Crippen LogP contribution in [-0.4, -0.2) is 18.6 Å². The molecule has 1 atom stereocenters. The van der Waals surface area contributed by atoms with Gasteiger partial charge in [-0.3, -0.25) is 10.2 Å². The molecule has 0 saturated carbocycles. The summed E-state index contributed by atoms with van der Waals surface area (Å²) in [6, 6.07) is 3.37. The van der Waals surface area contributed by atoms with E-state index >= 15 is 0 Å². The maximum absolute atomic E-state index is 14.9. The van der Waals surface area contributed by atoms with Crippen molar-refractivity contribution in [3.63, 3.8) is 0 Å². The summed E-state index contributed by atoms with van der Waals surface area (Å²) in [5.74, 6) is -5.28. The van der Waals surface area contributed by atoms with Crippen molar-refractivity contribution >= 4 is 46.5 Å². The molecule has 0 aromatic heterocycles. The lowest BCUT2D eigenvalue weighted by Crippen LogP contribution is -2.40. The molecule has 0 aliphatic carbocycles. The number of nitrogens with one attached hydrogen (secondary N) is 2. The van der Waals surface area contributed by atoms with Crippen LogP contribution in [0.4, 0.5) is 30.7 Å². The molecular formula is C22H18Cl3F7N2O. The monoisotopic (exact) mass is 564 g/mol. The first-order valence-electron chi connectivity index (χ1n) is 9.85. The van der Waals surface area contributed by atoms with Gasteiger partial charge in [-0.05, 0) is 41.8 Å². The third-order valence-corrected chi connectivity index (χ3v) is 5.79. The fraction of sp³-hybridized carbons (Fsp3) is 0.318. The van der Waals surface area contributed by atoms with Crippen molar-refractivity contribution in [2.45, 2.75) is 32.1 Å². The number of amides is 1. The van der Waals surface area contributed by atoms with Crippen molar-refractivity contribution in [1.29, 1.82) is 0 Å². The van der Waals surface area contributed by atoms with Crippen molar-refractivity contribution in [2.24, 2.45) is 5.92 Å². The fourth-order valence-electron chi connectivity index (χ4n) is 2.91. The van der Waals surface area contributed by atoms with Crippen LogP contribution in [0.1, 0.15) is 46.8 Å². The maximum Gasteiger partial charge on any atom is 0.417 e. The zero-order valence-electron chi connectivity index (χ0n) is 18.0. The van der Waals surface area contributed by atoms with E-state index in [0.717, 1.165) is 18.2 Å². The highest BCUT2D eigenvalue weighted by molar-refractivity contribution is 6.48. The normalized spacial score (nSPS) is 13.8. The van der Waals surface area contributed by atoms with Gasteiger partial charge in [-0.2, -0.15) is 26.3 Å². The van der Waals surface area contributed by atoms with E-state index in [2.05, 4.69) is 10.9 Å². The topological polar surface area (TPSA) is 41.1 Å². The SMILES string of the molecule is CC(C)CNNC(=O)c1ccc(C(F)=CC(c2cc(Cl)c(Cl)c(Cl)c2)C(F)(F)F)cc1C(F)(F)F.